The van der Waals surface area contributed by atoms with Crippen LogP contribution in [0.1, 0.15) is 31.4 Å². The number of rotatable bonds is 4. The fourth-order valence-corrected chi connectivity index (χ4v) is 3.08. The number of hydrogen-bond donors (Lipinski definition) is 0. The summed E-state index contributed by atoms with van der Waals surface area (Å²) in [6.45, 7) is 3.58. The highest BCUT2D eigenvalue weighted by Gasteiger charge is 2.22. The molecule has 1 aliphatic carbocycles. The highest BCUT2D eigenvalue weighted by atomic mass is 35.5. The van der Waals surface area contributed by atoms with Crippen LogP contribution in [0.15, 0.2) is 21.3 Å². The minimum absolute atomic E-state index is 0.277. The van der Waals surface area contributed by atoms with Crippen molar-refractivity contribution in [2.75, 3.05) is 6.61 Å². The normalized spacial score (nSPS) is 14.6. The third-order valence-electron chi connectivity index (χ3n) is 3.95. The van der Waals surface area contributed by atoms with E-state index in [0.717, 1.165) is 35.8 Å². The molecule has 0 fully saturated rings. The summed E-state index contributed by atoms with van der Waals surface area (Å²) in [6, 6.07) is 3.30. The Balaban J connectivity index is 2.00. The number of aryl methyl sites for hydroxylation is 1. The minimum Gasteiger partial charge on any atom is -0.477 e. The molecule has 23 heavy (non-hydrogen) atoms. The van der Waals surface area contributed by atoms with E-state index in [1.807, 2.05) is 0 Å². The van der Waals surface area contributed by atoms with Crippen LogP contribution >= 0.6 is 11.6 Å². The van der Waals surface area contributed by atoms with Crippen molar-refractivity contribution in [3.8, 4) is 5.75 Å². The third-order valence-corrected chi connectivity index (χ3v) is 4.24. The van der Waals surface area contributed by atoms with Crippen LogP contribution in [0.2, 0.25) is 5.02 Å². The zero-order chi connectivity index (χ0) is 16.6. The maximum absolute atomic E-state index is 12.0. The van der Waals surface area contributed by atoms with Gasteiger partial charge in [-0.3, -0.25) is 0 Å². The van der Waals surface area contributed by atoms with Gasteiger partial charge in [-0.15, -0.1) is 0 Å². The van der Waals surface area contributed by atoms with E-state index in [0.29, 0.717) is 16.4 Å². The summed E-state index contributed by atoms with van der Waals surface area (Å²) in [5, 5.41) is 1.20. The van der Waals surface area contributed by atoms with Gasteiger partial charge in [0.25, 0.3) is 0 Å². The summed E-state index contributed by atoms with van der Waals surface area (Å²) in [5.41, 5.74) is 1.85. The largest absolute Gasteiger partial charge is 0.477 e. The van der Waals surface area contributed by atoms with Gasteiger partial charge in [0.1, 0.15) is 11.3 Å². The van der Waals surface area contributed by atoms with Gasteiger partial charge in [-0.2, -0.15) is 0 Å². The zero-order valence-corrected chi connectivity index (χ0v) is 13.7. The minimum atomic E-state index is -0.800. The van der Waals surface area contributed by atoms with Crippen molar-refractivity contribution >= 4 is 28.5 Å². The molecule has 2 aromatic rings. The van der Waals surface area contributed by atoms with Gasteiger partial charge in [0.2, 0.25) is 0 Å². The van der Waals surface area contributed by atoms with E-state index in [-0.39, 0.29) is 12.2 Å². The molecular formula is C17H17ClO5. The molecule has 0 amide bonds. The maximum atomic E-state index is 12.0. The van der Waals surface area contributed by atoms with Crippen molar-refractivity contribution in [2.24, 2.45) is 0 Å². The molecule has 0 saturated heterocycles. The van der Waals surface area contributed by atoms with Gasteiger partial charge in [0.05, 0.1) is 11.6 Å². The predicted octanol–water partition coefficient (Wildman–Crippen LogP) is 3.27. The van der Waals surface area contributed by atoms with Crippen LogP contribution in [0.5, 0.6) is 5.75 Å². The summed E-state index contributed by atoms with van der Waals surface area (Å²) in [7, 11) is 0. The first-order valence-electron chi connectivity index (χ1n) is 7.62. The Morgan fingerprint density at radius 2 is 2.09 bits per heavy atom. The second-order valence-electron chi connectivity index (χ2n) is 5.49. The monoisotopic (exact) mass is 336 g/mol. The van der Waals surface area contributed by atoms with Gasteiger partial charge < -0.3 is 13.9 Å². The van der Waals surface area contributed by atoms with Crippen LogP contribution in [0.25, 0.3) is 11.0 Å². The Morgan fingerprint density at radius 3 is 2.83 bits per heavy atom. The second-order valence-corrected chi connectivity index (χ2v) is 5.90. The van der Waals surface area contributed by atoms with Crippen LogP contribution in [-0.2, 0) is 22.4 Å². The fraction of sp³-hybridized carbons (Fsp3) is 0.412. The lowest BCUT2D eigenvalue weighted by molar-refractivity contribution is -0.150. The number of carbonyl (C=O) groups is 1. The molecule has 0 N–H and O–H groups in total. The summed E-state index contributed by atoms with van der Waals surface area (Å²) < 4.78 is 15.8. The standard InChI is InChI=1S/C17H17ClO5/c1-3-21-16(19)9(2)22-15-8-14-12(7-13(15)18)10-5-4-6-11(10)17(20)23-14/h7-9H,3-6H2,1-2H3. The molecule has 6 heteroatoms. The van der Waals surface area contributed by atoms with E-state index in [1.165, 1.54) is 0 Å². The van der Waals surface area contributed by atoms with E-state index < -0.39 is 12.1 Å². The lowest BCUT2D eigenvalue weighted by Gasteiger charge is -2.15. The molecule has 0 bridgehead atoms. The van der Waals surface area contributed by atoms with Gasteiger partial charge in [-0.05, 0) is 44.7 Å². The van der Waals surface area contributed by atoms with E-state index in [1.54, 1.807) is 26.0 Å². The van der Waals surface area contributed by atoms with Crippen LogP contribution in [0, 0.1) is 0 Å². The summed E-state index contributed by atoms with van der Waals surface area (Å²) in [4.78, 5) is 23.7. The summed E-state index contributed by atoms with van der Waals surface area (Å²) in [6.07, 6.45) is 1.72. The predicted molar refractivity (Wildman–Crippen MR) is 86.2 cm³/mol. The lowest BCUT2D eigenvalue weighted by Crippen LogP contribution is -2.26. The van der Waals surface area contributed by atoms with E-state index >= 15 is 0 Å². The molecule has 0 radical (unpaired) electrons. The molecule has 1 unspecified atom stereocenters. The Morgan fingerprint density at radius 1 is 1.35 bits per heavy atom. The van der Waals surface area contributed by atoms with Crippen molar-refractivity contribution in [2.45, 2.75) is 39.2 Å². The number of fused-ring (bicyclic) bond motifs is 3. The number of carbonyl (C=O) groups excluding carboxylic acids is 1. The molecule has 1 aromatic carbocycles. The fourth-order valence-electron chi connectivity index (χ4n) is 2.87. The Kier molecular flexibility index (Phi) is 4.31. The van der Waals surface area contributed by atoms with Crippen LogP contribution in [0.3, 0.4) is 0 Å². The average molecular weight is 337 g/mol. The lowest BCUT2D eigenvalue weighted by atomic mass is 10.1. The highest BCUT2D eigenvalue weighted by molar-refractivity contribution is 6.32. The third kappa shape index (κ3) is 2.93. The van der Waals surface area contributed by atoms with Gasteiger partial charge in [-0.1, -0.05) is 11.6 Å². The highest BCUT2D eigenvalue weighted by Crippen LogP contribution is 2.35. The summed E-state index contributed by atoms with van der Waals surface area (Å²) in [5.74, 6) is -0.181. The van der Waals surface area contributed by atoms with Gasteiger partial charge in [0.15, 0.2) is 6.10 Å². The van der Waals surface area contributed by atoms with Crippen LogP contribution in [-0.4, -0.2) is 18.7 Å². The number of hydrogen-bond acceptors (Lipinski definition) is 5. The zero-order valence-electron chi connectivity index (χ0n) is 13.0. The van der Waals surface area contributed by atoms with E-state index in [2.05, 4.69) is 0 Å². The molecule has 1 heterocycles. The molecule has 0 spiro atoms. The quantitative estimate of drug-likeness (QED) is 0.633. The first-order chi connectivity index (χ1) is 11.0. The first-order valence-corrected chi connectivity index (χ1v) is 8.00. The number of benzene rings is 1. The number of ether oxygens (including phenoxy) is 2. The summed E-state index contributed by atoms with van der Waals surface area (Å²) >= 11 is 6.27. The van der Waals surface area contributed by atoms with Gasteiger partial charge in [-0.25, -0.2) is 9.59 Å². The molecule has 5 nitrogen and oxygen atoms in total. The first kappa shape index (κ1) is 15.9. The molecule has 0 saturated carbocycles. The molecular weight excluding hydrogens is 320 g/mol. The smallest absolute Gasteiger partial charge is 0.347 e. The van der Waals surface area contributed by atoms with Crippen LogP contribution in [0.4, 0.5) is 0 Å². The SMILES string of the molecule is CCOC(=O)C(C)Oc1cc2oc(=O)c3c(c2cc1Cl)CCC3. The van der Waals surface area contributed by atoms with Gasteiger partial charge in [0, 0.05) is 17.0 Å². The second kappa shape index (κ2) is 6.24. The molecule has 3 rings (SSSR count). The Bertz CT molecular complexity index is 824. The molecule has 122 valence electrons. The molecule has 0 aliphatic heterocycles. The van der Waals surface area contributed by atoms with Crippen molar-refractivity contribution in [3.63, 3.8) is 0 Å². The van der Waals surface area contributed by atoms with Crippen LogP contribution < -0.4 is 10.4 Å². The number of halogens is 1. The van der Waals surface area contributed by atoms with Crippen molar-refractivity contribution < 1.29 is 18.7 Å². The Labute approximate surface area is 138 Å². The van der Waals surface area contributed by atoms with Crippen molar-refractivity contribution in [1.29, 1.82) is 0 Å². The van der Waals surface area contributed by atoms with E-state index in [4.69, 9.17) is 25.5 Å². The maximum Gasteiger partial charge on any atom is 0.347 e. The molecule has 1 atom stereocenters. The van der Waals surface area contributed by atoms with Crippen molar-refractivity contribution in [3.05, 3.63) is 38.7 Å². The number of esters is 1. The topological polar surface area (TPSA) is 65.7 Å². The van der Waals surface area contributed by atoms with Gasteiger partial charge >= 0.3 is 11.6 Å². The van der Waals surface area contributed by atoms with Crippen molar-refractivity contribution in [1.82, 2.24) is 0 Å². The molecule has 1 aliphatic rings. The Hall–Kier alpha value is -2.01. The average Bonchev–Trinajstić information content (AvgIpc) is 3.00. The van der Waals surface area contributed by atoms with E-state index in [9.17, 15) is 9.59 Å². The molecule has 1 aromatic heterocycles.